The van der Waals surface area contributed by atoms with Gasteiger partial charge in [0.15, 0.2) is 0 Å². The van der Waals surface area contributed by atoms with Crippen LogP contribution in [0.1, 0.15) is 41.4 Å². The molecular formula is C22H24N2O2. The van der Waals surface area contributed by atoms with Crippen molar-refractivity contribution in [2.24, 2.45) is 0 Å². The molecular weight excluding hydrogens is 324 g/mol. The lowest BCUT2D eigenvalue weighted by Gasteiger charge is -2.25. The highest BCUT2D eigenvalue weighted by Gasteiger charge is 2.21. The number of rotatable bonds is 6. The van der Waals surface area contributed by atoms with Gasteiger partial charge < -0.3 is 5.11 Å². The van der Waals surface area contributed by atoms with Crippen LogP contribution >= 0.6 is 0 Å². The number of aryl methyl sites for hydroxylation is 1. The summed E-state index contributed by atoms with van der Waals surface area (Å²) in [5.41, 5.74) is 4.02. The van der Waals surface area contributed by atoms with Gasteiger partial charge in [-0.25, -0.2) is 9.78 Å². The van der Waals surface area contributed by atoms with Crippen molar-refractivity contribution in [2.45, 2.75) is 25.8 Å². The minimum Gasteiger partial charge on any atom is -0.478 e. The van der Waals surface area contributed by atoms with E-state index in [-0.39, 0.29) is 6.04 Å². The minimum atomic E-state index is -0.971. The molecule has 1 saturated heterocycles. The Balaban J connectivity index is 1.83. The maximum absolute atomic E-state index is 10.7. The highest BCUT2D eigenvalue weighted by molar-refractivity contribution is 5.84. The molecule has 0 saturated carbocycles. The molecule has 0 radical (unpaired) electrons. The van der Waals surface area contributed by atoms with Crippen LogP contribution in [0.4, 0.5) is 0 Å². The van der Waals surface area contributed by atoms with Crippen molar-refractivity contribution in [1.29, 1.82) is 0 Å². The van der Waals surface area contributed by atoms with Gasteiger partial charge in [-0.1, -0.05) is 42.0 Å². The largest absolute Gasteiger partial charge is 0.478 e. The van der Waals surface area contributed by atoms with Crippen LogP contribution in [0.15, 0.2) is 54.6 Å². The molecule has 4 heteroatoms. The Morgan fingerprint density at radius 1 is 1.08 bits per heavy atom. The molecule has 0 amide bonds. The number of pyridine rings is 1. The third-order valence-corrected chi connectivity index (χ3v) is 4.59. The monoisotopic (exact) mass is 348 g/mol. The molecule has 4 nitrogen and oxygen atoms in total. The third kappa shape index (κ3) is 4.90. The summed E-state index contributed by atoms with van der Waals surface area (Å²) in [6, 6.07) is 14.6. The second kappa shape index (κ2) is 8.59. The summed E-state index contributed by atoms with van der Waals surface area (Å²) < 4.78 is 0. The number of hydrogen-bond acceptors (Lipinski definition) is 3. The first kappa shape index (κ1) is 18.1. The van der Waals surface area contributed by atoms with Gasteiger partial charge >= 0.3 is 5.97 Å². The highest BCUT2D eigenvalue weighted by atomic mass is 16.4. The Morgan fingerprint density at radius 3 is 2.38 bits per heavy atom. The molecule has 134 valence electrons. The zero-order chi connectivity index (χ0) is 18.4. The lowest BCUT2D eigenvalue weighted by molar-refractivity contribution is -0.131. The van der Waals surface area contributed by atoms with Crippen LogP contribution in [0.2, 0.25) is 0 Å². The van der Waals surface area contributed by atoms with Crippen molar-refractivity contribution >= 4 is 18.1 Å². The van der Waals surface area contributed by atoms with Gasteiger partial charge in [0, 0.05) is 6.08 Å². The van der Waals surface area contributed by atoms with Crippen molar-refractivity contribution in [2.75, 3.05) is 13.1 Å². The number of aromatic nitrogens is 1. The van der Waals surface area contributed by atoms with E-state index in [4.69, 9.17) is 5.11 Å². The maximum atomic E-state index is 10.7. The Labute approximate surface area is 154 Å². The van der Waals surface area contributed by atoms with Crippen LogP contribution in [0.5, 0.6) is 0 Å². The predicted octanol–water partition coefficient (Wildman–Crippen LogP) is 4.34. The number of likely N-dealkylation sites (tertiary alicyclic amines) is 1. The molecule has 1 aliphatic rings. The Kier molecular flexibility index (Phi) is 5.97. The van der Waals surface area contributed by atoms with Gasteiger partial charge in [-0.15, -0.1) is 0 Å². The third-order valence-electron chi connectivity index (χ3n) is 4.59. The van der Waals surface area contributed by atoms with E-state index < -0.39 is 5.97 Å². The molecule has 2 aromatic rings. The summed E-state index contributed by atoms with van der Waals surface area (Å²) >= 11 is 0. The van der Waals surface area contributed by atoms with Crippen molar-refractivity contribution in [3.8, 4) is 0 Å². The fourth-order valence-corrected chi connectivity index (χ4v) is 3.23. The predicted molar refractivity (Wildman–Crippen MR) is 105 cm³/mol. The van der Waals surface area contributed by atoms with Gasteiger partial charge in [-0.05, 0) is 62.7 Å². The first-order valence-corrected chi connectivity index (χ1v) is 8.99. The van der Waals surface area contributed by atoms with Crippen LogP contribution in [0, 0.1) is 6.92 Å². The summed E-state index contributed by atoms with van der Waals surface area (Å²) in [5.74, 6) is -0.971. The van der Waals surface area contributed by atoms with Gasteiger partial charge in [-0.2, -0.15) is 0 Å². The molecule has 3 rings (SSSR count). The zero-order valence-electron chi connectivity index (χ0n) is 15.0. The van der Waals surface area contributed by atoms with E-state index in [9.17, 15) is 4.79 Å². The standard InChI is InChI=1S/C22H24N2O2/c1-17-7-9-18(10-8-17)21(24-15-2-3-16-24)13-11-19-5-4-6-20(23-19)12-14-22(25)26/h4-14,21H,2-3,15-16H2,1H3,(H,25,26)/b13-11+,14-12+. The van der Waals surface area contributed by atoms with Crippen molar-refractivity contribution in [1.82, 2.24) is 9.88 Å². The van der Waals surface area contributed by atoms with Crippen molar-refractivity contribution in [3.05, 3.63) is 77.1 Å². The number of carboxylic acids is 1. The molecule has 1 aromatic carbocycles. The smallest absolute Gasteiger partial charge is 0.328 e. The molecule has 0 aliphatic carbocycles. The van der Waals surface area contributed by atoms with E-state index in [0.29, 0.717) is 5.69 Å². The molecule has 0 spiro atoms. The Bertz CT molecular complexity index is 803. The lowest BCUT2D eigenvalue weighted by Crippen LogP contribution is -2.24. The molecule has 1 aromatic heterocycles. The molecule has 2 heterocycles. The van der Waals surface area contributed by atoms with Crippen LogP contribution in [0.25, 0.3) is 12.2 Å². The van der Waals surface area contributed by atoms with E-state index in [1.807, 2.05) is 18.2 Å². The molecule has 26 heavy (non-hydrogen) atoms. The van der Waals surface area contributed by atoms with Gasteiger partial charge in [0.2, 0.25) is 0 Å². The van der Waals surface area contributed by atoms with E-state index >= 15 is 0 Å². The summed E-state index contributed by atoms with van der Waals surface area (Å²) in [4.78, 5) is 17.7. The molecule has 1 N–H and O–H groups in total. The lowest BCUT2D eigenvalue weighted by atomic mass is 10.0. The molecule has 1 fully saturated rings. The normalized spacial score (nSPS) is 16.5. The SMILES string of the molecule is Cc1ccc(C(/C=C/c2cccc(/C=C/C(=O)O)n2)N2CCCC2)cc1. The number of nitrogens with zero attached hydrogens (tertiary/aromatic N) is 2. The van der Waals surface area contributed by atoms with Gasteiger partial charge in [0.1, 0.15) is 0 Å². The topological polar surface area (TPSA) is 53.4 Å². The van der Waals surface area contributed by atoms with E-state index in [1.54, 1.807) is 6.07 Å². The van der Waals surface area contributed by atoms with Crippen molar-refractivity contribution < 1.29 is 9.90 Å². The first-order chi connectivity index (χ1) is 12.6. The number of aliphatic carboxylic acids is 1. The van der Waals surface area contributed by atoms with Crippen LogP contribution in [-0.4, -0.2) is 34.0 Å². The van der Waals surface area contributed by atoms with Crippen LogP contribution in [0.3, 0.4) is 0 Å². The summed E-state index contributed by atoms with van der Waals surface area (Å²) in [6.45, 7) is 4.32. The Morgan fingerprint density at radius 2 is 1.73 bits per heavy atom. The number of benzene rings is 1. The molecule has 1 unspecified atom stereocenters. The molecule has 0 bridgehead atoms. The van der Waals surface area contributed by atoms with E-state index in [1.165, 1.54) is 30.0 Å². The van der Waals surface area contributed by atoms with Crippen LogP contribution in [-0.2, 0) is 4.79 Å². The first-order valence-electron chi connectivity index (χ1n) is 8.99. The number of carbonyl (C=O) groups is 1. The van der Waals surface area contributed by atoms with Gasteiger partial charge in [0.05, 0.1) is 17.4 Å². The average Bonchev–Trinajstić information content (AvgIpc) is 3.16. The van der Waals surface area contributed by atoms with E-state index in [0.717, 1.165) is 24.9 Å². The fourth-order valence-electron chi connectivity index (χ4n) is 3.23. The summed E-state index contributed by atoms with van der Waals surface area (Å²) in [7, 11) is 0. The van der Waals surface area contributed by atoms with Crippen LogP contribution < -0.4 is 0 Å². The quantitative estimate of drug-likeness (QED) is 0.789. The highest BCUT2D eigenvalue weighted by Crippen LogP contribution is 2.27. The molecule has 1 aliphatic heterocycles. The van der Waals surface area contributed by atoms with Gasteiger partial charge in [0.25, 0.3) is 0 Å². The summed E-state index contributed by atoms with van der Waals surface area (Å²) in [6.07, 6.45) is 9.32. The summed E-state index contributed by atoms with van der Waals surface area (Å²) in [5, 5.41) is 8.75. The average molecular weight is 348 g/mol. The van der Waals surface area contributed by atoms with Crippen molar-refractivity contribution in [3.63, 3.8) is 0 Å². The number of hydrogen-bond donors (Lipinski definition) is 1. The second-order valence-electron chi connectivity index (χ2n) is 6.62. The number of carboxylic acid groups (broad SMARTS) is 1. The molecule has 1 atom stereocenters. The van der Waals surface area contributed by atoms with Gasteiger partial charge in [-0.3, -0.25) is 4.90 Å². The fraction of sp³-hybridized carbons (Fsp3) is 0.273. The van der Waals surface area contributed by atoms with E-state index in [2.05, 4.69) is 47.1 Å². The maximum Gasteiger partial charge on any atom is 0.328 e. The minimum absolute atomic E-state index is 0.234. The zero-order valence-corrected chi connectivity index (χ0v) is 15.0. The second-order valence-corrected chi connectivity index (χ2v) is 6.62. The Hall–Kier alpha value is -2.72.